The molecule has 0 bridgehead atoms. The smallest absolute Gasteiger partial charge is 1.00 e. The van der Waals surface area contributed by atoms with Crippen molar-refractivity contribution >= 4 is 21.7 Å². The van der Waals surface area contributed by atoms with Crippen LogP contribution in [0.3, 0.4) is 0 Å². The average molecular weight is 207 g/mol. The Labute approximate surface area is 100.0 Å². The van der Waals surface area contributed by atoms with E-state index in [1.54, 1.807) is 0 Å². The summed E-state index contributed by atoms with van der Waals surface area (Å²) in [7, 11) is 0. The standard InChI is InChI=1S/C11H15.ClH.Mg/c1-3-4-5-11-8-6-10(2)7-9-11;;/h6-9H,2-5H2,1H3;1H;/q;;+1/p-1. The van der Waals surface area contributed by atoms with Crippen molar-refractivity contribution in [2.45, 2.75) is 30.7 Å². The van der Waals surface area contributed by atoms with E-state index in [1.165, 1.54) is 34.9 Å². The predicted octanol–water partition coefficient (Wildman–Crippen LogP) is -0.298. The molecule has 0 aliphatic carbocycles. The molecule has 13 heavy (non-hydrogen) atoms. The molecule has 0 fully saturated rings. The Morgan fingerprint density at radius 1 is 1.08 bits per heavy atom. The van der Waals surface area contributed by atoms with Crippen molar-refractivity contribution in [1.82, 2.24) is 0 Å². The van der Waals surface area contributed by atoms with Crippen LogP contribution >= 0.6 is 0 Å². The minimum absolute atomic E-state index is 0. The Balaban J connectivity index is 0.00000144. The fourth-order valence-electron chi connectivity index (χ4n) is 1.25. The van der Waals surface area contributed by atoms with Crippen LogP contribution in [0.1, 0.15) is 30.9 Å². The molecule has 1 aromatic rings. The van der Waals surface area contributed by atoms with Crippen LogP contribution in [-0.4, -0.2) is 21.7 Å². The van der Waals surface area contributed by atoms with Gasteiger partial charge in [0.25, 0.3) is 0 Å². The van der Waals surface area contributed by atoms with E-state index in [-0.39, 0.29) is 12.4 Å². The first-order valence-electron chi connectivity index (χ1n) is 4.74. The summed E-state index contributed by atoms with van der Waals surface area (Å²) in [5.41, 5.74) is 2.94. The number of rotatable bonds is 4. The molecule has 1 aromatic carbocycles. The van der Waals surface area contributed by atoms with E-state index >= 15 is 0 Å². The molecule has 0 aromatic heterocycles. The van der Waals surface area contributed by atoms with E-state index < -0.39 is 0 Å². The molecule has 0 aliphatic heterocycles. The van der Waals surface area contributed by atoms with Gasteiger partial charge in [-0.15, -0.1) is 0 Å². The van der Waals surface area contributed by atoms with Crippen molar-refractivity contribution in [3.8, 4) is 0 Å². The van der Waals surface area contributed by atoms with Gasteiger partial charge in [0.05, 0.1) is 0 Å². The van der Waals surface area contributed by atoms with Crippen LogP contribution in [0.5, 0.6) is 0 Å². The number of benzene rings is 1. The summed E-state index contributed by atoms with van der Waals surface area (Å²) in [6.07, 6.45) is 3.84. The van der Waals surface area contributed by atoms with Crippen molar-refractivity contribution < 1.29 is 12.4 Å². The van der Waals surface area contributed by atoms with Gasteiger partial charge in [-0.3, -0.25) is 0 Å². The molecule has 0 heterocycles. The quantitative estimate of drug-likeness (QED) is 0.594. The van der Waals surface area contributed by atoms with E-state index in [2.05, 4.69) is 31.2 Å². The second-order valence-electron chi connectivity index (χ2n) is 3.17. The van der Waals surface area contributed by atoms with Crippen molar-refractivity contribution in [3.63, 3.8) is 0 Å². The second kappa shape index (κ2) is 7.66. The van der Waals surface area contributed by atoms with Crippen molar-refractivity contribution in [3.05, 3.63) is 35.4 Å². The van der Waals surface area contributed by atoms with Crippen LogP contribution in [0.2, 0.25) is 0 Å². The van der Waals surface area contributed by atoms with E-state index in [0.717, 1.165) is 0 Å². The van der Waals surface area contributed by atoms with Crippen LogP contribution < -0.4 is 12.4 Å². The normalized spacial score (nSPS) is 9.46. The molecular weight excluding hydrogens is 192 g/mol. The summed E-state index contributed by atoms with van der Waals surface area (Å²) < 4.78 is 1.17. The van der Waals surface area contributed by atoms with Crippen molar-refractivity contribution in [2.24, 2.45) is 0 Å². The van der Waals surface area contributed by atoms with Crippen LogP contribution in [0.15, 0.2) is 24.3 Å². The molecule has 0 nitrogen and oxygen atoms in total. The fourth-order valence-corrected chi connectivity index (χ4v) is 1.59. The molecule has 0 spiro atoms. The maximum absolute atomic E-state index is 2.26. The Morgan fingerprint density at radius 2 is 1.62 bits per heavy atom. The molecule has 0 unspecified atom stereocenters. The zero-order valence-corrected chi connectivity index (χ0v) is 10.4. The predicted molar refractivity (Wildman–Crippen MR) is 54.5 cm³/mol. The Hall–Kier alpha value is 0.276. The minimum atomic E-state index is 0. The molecule has 1 rings (SSSR count). The van der Waals surface area contributed by atoms with Crippen LogP contribution in [0.4, 0.5) is 0 Å². The van der Waals surface area contributed by atoms with Gasteiger partial charge < -0.3 is 12.4 Å². The Morgan fingerprint density at radius 3 is 2.08 bits per heavy atom. The number of halogens is 1. The number of hydrogen-bond acceptors (Lipinski definition) is 0. The van der Waals surface area contributed by atoms with E-state index in [4.69, 9.17) is 0 Å². The maximum atomic E-state index is 2.26. The molecule has 2 heteroatoms. The van der Waals surface area contributed by atoms with E-state index in [1.807, 2.05) is 21.7 Å². The average Bonchev–Trinajstić information content (AvgIpc) is 2.15. The summed E-state index contributed by atoms with van der Waals surface area (Å²) in [6.45, 7) is 2.24. The fraction of sp³-hybridized carbons (Fsp3) is 0.455. The first-order valence-corrected chi connectivity index (χ1v) is 5.74. The molecule has 68 valence electrons. The molecule has 0 amide bonds. The second-order valence-corrected chi connectivity index (χ2v) is 3.67. The maximum Gasteiger partial charge on any atom is -1.00 e. The molecule has 0 atom stereocenters. The molecule has 0 radical (unpaired) electrons. The third kappa shape index (κ3) is 4.89. The van der Waals surface area contributed by atoms with Crippen LogP contribution in [-0.2, 0) is 11.0 Å². The third-order valence-corrected chi connectivity index (χ3v) is 2.71. The Bertz CT molecular complexity index is 218. The van der Waals surface area contributed by atoms with Crippen molar-refractivity contribution in [2.75, 3.05) is 0 Å². The van der Waals surface area contributed by atoms with Crippen LogP contribution in [0.25, 0.3) is 0 Å². The van der Waals surface area contributed by atoms with Gasteiger partial charge in [-0.2, -0.15) is 0 Å². The molecule has 0 aliphatic rings. The number of unbranched alkanes of at least 4 members (excludes halogenated alkanes) is 1. The van der Waals surface area contributed by atoms with Crippen LogP contribution in [0, 0.1) is 0 Å². The molecular formula is C11H15ClMg. The topological polar surface area (TPSA) is 0 Å². The summed E-state index contributed by atoms with van der Waals surface area (Å²) in [4.78, 5) is 0. The molecule has 0 saturated heterocycles. The van der Waals surface area contributed by atoms with Gasteiger partial charge in [0.2, 0.25) is 0 Å². The number of hydrogen-bond donors (Lipinski definition) is 0. The van der Waals surface area contributed by atoms with Gasteiger partial charge in [0.15, 0.2) is 0 Å². The first kappa shape index (κ1) is 13.3. The first-order chi connectivity index (χ1) is 5.86. The van der Waals surface area contributed by atoms with Gasteiger partial charge in [-0.1, -0.05) is 0 Å². The molecule has 0 saturated carbocycles. The monoisotopic (exact) mass is 206 g/mol. The van der Waals surface area contributed by atoms with Crippen molar-refractivity contribution in [1.29, 1.82) is 0 Å². The van der Waals surface area contributed by atoms with E-state index in [9.17, 15) is 0 Å². The zero-order chi connectivity index (χ0) is 8.81. The van der Waals surface area contributed by atoms with Gasteiger partial charge in [0.1, 0.15) is 0 Å². The number of aryl methyl sites for hydroxylation is 1. The van der Waals surface area contributed by atoms with Gasteiger partial charge in [0, 0.05) is 0 Å². The van der Waals surface area contributed by atoms with Gasteiger partial charge >= 0.3 is 87.8 Å². The van der Waals surface area contributed by atoms with E-state index in [0.29, 0.717) is 0 Å². The summed E-state index contributed by atoms with van der Waals surface area (Å²) >= 11 is 2.01. The summed E-state index contributed by atoms with van der Waals surface area (Å²) in [5, 5.41) is 0. The Kier molecular flexibility index (Phi) is 7.82. The summed E-state index contributed by atoms with van der Waals surface area (Å²) in [5.74, 6) is 0. The third-order valence-electron chi connectivity index (χ3n) is 2.13. The largest absolute Gasteiger partial charge is 1.00 e. The minimum Gasteiger partial charge on any atom is -1.00 e. The van der Waals surface area contributed by atoms with Gasteiger partial charge in [-0.25, -0.2) is 0 Å². The van der Waals surface area contributed by atoms with Gasteiger partial charge in [-0.05, 0) is 0 Å². The molecule has 0 N–H and O–H groups in total. The SMILES string of the molecule is CCCCc1ccc([CH2][Mg+])cc1.[Cl-]. The summed E-state index contributed by atoms with van der Waals surface area (Å²) in [6, 6.07) is 9.02. The zero-order valence-electron chi connectivity index (χ0n) is 8.22.